The molecule has 10 nitrogen and oxygen atoms in total. The highest BCUT2D eigenvalue weighted by Gasteiger charge is 2.26. The third kappa shape index (κ3) is 9.55. The zero-order chi connectivity index (χ0) is 22.9. The fourth-order valence-corrected chi connectivity index (χ4v) is 3.63. The van der Waals surface area contributed by atoms with Gasteiger partial charge in [-0.25, -0.2) is 9.59 Å². The van der Waals surface area contributed by atoms with Crippen molar-refractivity contribution in [2.45, 2.75) is 39.7 Å². The number of rotatable bonds is 5. The average molecular weight is 569 g/mol. The largest absolute Gasteiger partial charge is 0.450 e. The van der Waals surface area contributed by atoms with Gasteiger partial charge in [0.05, 0.1) is 6.61 Å². The van der Waals surface area contributed by atoms with Gasteiger partial charge in [-0.05, 0) is 40.7 Å². The molecule has 0 aromatic rings. The quantitative estimate of drug-likeness (QED) is 0.235. The molecule has 2 aliphatic rings. The monoisotopic (exact) mass is 568 g/mol. The third-order valence-corrected chi connectivity index (χ3v) is 5.28. The number of nitrogens with zero attached hydrogens (tertiary/aromatic N) is 5. The van der Waals surface area contributed by atoms with Crippen molar-refractivity contribution < 1.29 is 19.1 Å². The molecule has 0 aromatic carbocycles. The molecule has 0 radical (unpaired) electrons. The lowest BCUT2D eigenvalue weighted by Crippen LogP contribution is -2.54. The molecular weight excluding hydrogens is 527 g/mol. The Labute approximate surface area is 209 Å². The van der Waals surface area contributed by atoms with E-state index in [-0.39, 0.29) is 36.2 Å². The van der Waals surface area contributed by atoms with Gasteiger partial charge in [0.15, 0.2) is 5.96 Å². The molecule has 2 saturated heterocycles. The number of guanidine groups is 1. The van der Waals surface area contributed by atoms with E-state index in [9.17, 15) is 9.59 Å². The molecule has 0 atom stereocenters. The molecule has 1 N–H and O–H groups in total. The second kappa shape index (κ2) is 13.9. The Morgan fingerprint density at radius 3 is 1.97 bits per heavy atom. The summed E-state index contributed by atoms with van der Waals surface area (Å²) in [7, 11) is 1.79. The predicted octanol–water partition coefficient (Wildman–Crippen LogP) is 1.90. The summed E-state index contributed by atoms with van der Waals surface area (Å²) in [5, 5.41) is 3.43. The van der Waals surface area contributed by atoms with Crippen molar-refractivity contribution in [2.75, 3.05) is 79.1 Å². The average Bonchev–Trinajstić information content (AvgIpc) is 2.73. The highest BCUT2D eigenvalue weighted by molar-refractivity contribution is 14.0. The van der Waals surface area contributed by atoms with Crippen molar-refractivity contribution in [3.8, 4) is 0 Å². The van der Waals surface area contributed by atoms with Crippen LogP contribution in [0, 0.1) is 0 Å². The maximum Gasteiger partial charge on any atom is 0.410 e. The summed E-state index contributed by atoms with van der Waals surface area (Å²) in [5.74, 6) is 0.873. The van der Waals surface area contributed by atoms with Gasteiger partial charge < -0.3 is 29.5 Å². The molecule has 11 heteroatoms. The van der Waals surface area contributed by atoms with Gasteiger partial charge >= 0.3 is 12.2 Å². The van der Waals surface area contributed by atoms with Gasteiger partial charge in [-0.1, -0.05) is 0 Å². The highest BCUT2D eigenvalue weighted by Crippen LogP contribution is 2.12. The Morgan fingerprint density at radius 1 is 0.906 bits per heavy atom. The molecule has 2 heterocycles. The molecule has 0 unspecified atom stereocenters. The summed E-state index contributed by atoms with van der Waals surface area (Å²) in [6.07, 6.45) is 0.534. The van der Waals surface area contributed by atoms with E-state index in [2.05, 4.69) is 20.1 Å². The van der Waals surface area contributed by atoms with Gasteiger partial charge in [0, 0.05) is 66.0 Å². The third-order valence-electron chi connectivity index (χ3n) is 5.28. The van der Waals surface area contributed by atoms with Gasteiger partial charge in [0.2, 0.25) is 0 Å². The lowest BCUT2D eigenvalue weighted by molar-refractivity contribution is 0.0145. The van der Waals surface area contributed by atoms with Crippen molar-refractivity contribution in [2.24, 2.45) is 4.99 Å². The van der Waals surface area contributed by atoms with E-state index in [1.165, 1.54) is 0 Å². The van der Waals surface area contributed by atoms with Crippen LogP contribution in [0.15, 0.2) is 4.99 Å². The van der Waals surface area contributed by atoms with Crippen LogP contribution in [0.5, 0.6) is 0 Å². The molecule has 2 amide bonds. The number of ether oxygens (including phenoxy) is 2. The van der Waals surface area contributed by atoms with E-state index in [1.807, 2.05) is 27.7 Å². The number of carbonyl (C=O) groups excluding carboxylic acids is 2. The minimum absolute atomic E-state index is 0. The minimum Gasteiger partial charge on any atom is -0.450 e. The Balaban J connectivity index is 0.00000512. The van der Waals surface area contributed by atoms with Crippen LogP contribution in [0.2, 0.25) is 0 Å². The zero-order valence-electron chi connectivity index (χ0n) is 20.3. The van der Waals surface area contributed by atoms with Crippen LogP contribution in [0.25, 0.3) is 0 Å². The molecule has 0 bridgehead atoms. The minimum atomic E-state index is -0.454. The van der Waals surface area contributed by atoms with E-state index in [0.717, 1.165) is 51.6 Å². The van der Waals surface area contributed by atoms with E-state index in [4.69, 9.17) is 9.47 Å². The second-order valence-electron chi connectivity index (χ2n) is 8.81. The standard InChI is InChI=1S/C21H40N6O4.HI/c1-6-30-19(28)26-16-14-25(15-17-26)18(22-5)23-8-7-9-24-10-12-27(13-11-24)20(29)31-21(2,3)4;/h6-17H2,1-5H3,(H,22,23);1H. The number of piperazine rings is 2. The van der Waals surface area contributed by atoms with Gasteiger partial charge in [0.25, 0.3) is 0 Å². The summed E-state index contributed by atoms with van der Waals surface area (Å²) in [6.45, 7) is 15.6. The van der Waals surface area contributed by atoms with Crippen LogP contribution in [0.3, 0.4) is 0 Å². The smallest absolute Gasteiger partial charge is 0.410 e. The molecule has 186 valence electrons. The lowest BCUT2D eigenvalue weighted by atomic mass is 10.2. The molecule has 2 fully saturated rings. The molecule has 2 aliphatic heterocycles. The Kier molecular flexibility index (Phi) is 12.4. The maximum atomic E-state index is 12.2. The molecular formula is C21H41IN6O4. The SMILES string of the molecule is CCOC(=O)N1CCN(C(=NC)NCCCN2CCN(C(=O)OC(C)(C)C)CC2)CC1.I. The first-order chi connectivity index (χ1) is 14.7. The summed E-state index contributed by atoms with van der Waals surface area (Å²) in [6, 6.07) is 0. The predicted molar refractivity (Wildman–Crippen MR) is 136 cm³/mol. The van der Waals surface area contributed by atoms with E-state index in [1.54, 1.807) is 16.8 Å². The van der Waals surface area contributed by atoms with Crippen LogP contribution in [0.4, 0.5) is 9.59 Å². The van der Waals surface area contributed by atoms with Crippen LogP contribution in [-0.2, 0) is 9.47 Å². The first kappa shape index (κ1) is 28.5. The van der Waals surface area contributed by atoms with E-state index >= 15 is 0 Å². The van der Waals surface area contributed by atoms with E-state index < -0.39 is 5.60 Å². The molecule has 32 heavy (non-hydrogen) atoms. The number of amides is 2. The number of hydrogen-bond acceptors (Lipinski definition) is 6. The van der Waals surface area contributed by atoms with Crippen LogP contribution in [-0.4, -0.2) is 122 Å². The fourth-order valence-electron chi connectivity index (χ4n) is 3.63. The number of nitrogens with one attached hydrogen (secondary N) is 1. The second-order valence-corrected chi connectivity index (χ2v) is 8.81. The van der Waals surface area contributed by atoms with Crippen molar-refractivity contribution in [1.29, 1.82) is 0 Å². The van der Waals surface area contributed by atoms with Gasteiger partial charge in [-0.3, -0.25) is 9.89 Å². The van der Waals surface area contributed by atoms with Gasteiger partial charge in [-0.2, -0.15) is 0 Å². The molecule has 0 saturated carbocycles. The van der Waals surface area contributed by atoms with Crippen LogP contribution < -0.4 is 5.32 Å². The zero-order valence-corrected chi connectivity index (χ0v) is 22.6. The first-order valence-electron chi connectivity index (χ1n) is 11.3. The van der Waals surface area contributed by atoms with Crippen molar-refractivity contribution in [1.82, 2.24) is 24.9 Å². The van der Waals surface area contributed by atoms with Crippen LogP contribution >= 0.6 is 24.0 Å². The van der Waals surface area contributed by atoms with Gasteiger partial charge in [-0.15, -0.1) is 24.0 Å². The highest BCUT2D eigenvalue weighted by atomic mass is 127. The first-order valence-corrected chi connectivity index (χ1v) is 11.3. The molecule has 0 aliphatic carbocycles. The van der Waals surface area contributed by atoms with Gasteiger partial charge in [0.1, 0.15) is 5.60 Å². The Morgan fingerprint density at radius 2 is 1.44 bits per heavy atom. The van der Waals surface area contributed by atoms with Crippen molar-refractivity contribution in [3.05, 3.63) is 0 Å². The van der Waals surface area contributed by atoms with Crippen molar-refractivity contribution >= 4 is 42.1 Å². The number of carbonyl (C=O) groups is 2. The summed E-state index contributed by atoms with van der Waals surface area (Å²) < 4.78 is 10.5. The summed E-state index contributed by atoms with van der Waals surface area (Å²) in [4.78, 5) is 36.5. The number of halogens is 1. The normalized spacial score (nSPS) is 18.2. The Hall–Kier alpha value is -1.50. The van der Waals surface area contributed by atoms with Crippen LogP contribution in [0.1, 0.15) is 34.1 Å². The number of hydrogen-bond donors (Lipinski definition) is 1. The summed E-state index contributed by atoms with van der Waals surface area (Å²) in [5.41, 5.74) is -0.454. The van der Waals surface area contributed by atoms with E-state index in [0.29, 0.717) is 32.8 Å². The topological polar surface area (TPSA) is 90.0 Å². The maximum absolute atomic E-state index is 12.2. The number of aliphatic imine (C=N–C) groups is 1. The van der Waals surface area contributed by atoms with Crippen molar-refractivity contribution in [3.63, 3.8) is 0 Å². The lowest BCUT2D eigenvalue weighted by Gasteiger charge is -2.36. The summed E-state index contributed by atoms with van der Waals surface area (Å²) >= 11 is 0. The molecule has 0 aromatic heterocycles. The Bertz CT molecular complexity index is 612. The molecule has 2 rings (SSSR count). The fraction of sp³-hybridized carbons (Fsp3) is 0.857. The molecule has 0 spiro atoms.